The molecule has 0 radical (unpaired) electrons. The third-order valence-corrected chi connectivity index (χ3v) is 2.46. The van der Waals surface area contributed by atoms with E-state index in [1.807, 2.05) is 26.0 Å². The third-order valence-electron chi connectivity index (χ3n) is 2.46. The average Bonchev–Trinajstić information content (AvgIpc) is 2.63. The van der Waals surface area contributed by atoms with Crippen LogP contribution < -0.4 is 11.2 Å². The molecule has 0 saturated carbocycles. The number of hydrazone groups is 1. The molecule has 2 rings (SSSR count). The van der Waals surface area contributed by atoms with Crippen molar-refractivity contribution in [3.8, 4) is 0 Å². The first kappa shape index (κ1) is 27.5. The van der Waals surface area contributed by atoms with Crippen molar-refractivity contribution in [2.45, 2.75) is 20.8 Å². The zero-order chi connectivity index (χ0) is 22.0. The maximum atomic E-state index is 10.6. The smallest absolute Gasteiger partial charge is 0.331 e. The van der Waals surface area contributed by atoms with E-state index in [0.717, 1.165) is 17.8 Å². The molecule has 0 saturated heterocycles. The molecule has 28 heavy (non-hydrogen) atoms. The fourth-order valence-corrected chi connectivity index (χ4v) is 1.41. The van der Waals surface area contributed by atoms with Gasteiger partial charge in [-0.1, -0.05) is 6.92 Å². The summed E-state index contributed by atoms with van der Waals surface area (Å²) in [6, 6.07) is 7.25. The first-order chi connectivity index (χ1) is 13.1. The van der Waals surface area contributed by atoms with Crippen LogP contribution in [0.5, 0.6) is 0 Å². The quantitative estimate of drug-likeness (QED) is 0.253. The number of aromatic nitrogens is 2. The molecule has 2 heterocycles. The largest absolute Gasteiger partial charge is 0.394 e. The molecule has 10 nitrogen and oxygen atoms in total. The number of hydrogen-bond donors (Lipinski definition) is 4. The lowest BCUT2D eigenvalue weighted by Gasteiger charge is -1.97. The fraction of sp³-hybridized carbons (Fsp3) is 0.294. The van der Waals surface area contributed by atoms with Crippen molar-refractivity contribution in [3.05, 3.63) is 60.2 Å². The van der Waals surface area contributed by atoms with Crippen LogP contribution in [0.1, 0.15) is 36.7 Å². The predicted molar refractivity (Wildman–Crippen MR) is 109 cm³/mol. The molecule has 0 amide bonds. The van der Waals surface area contributed by atoms with Gasteiger partial charge in [-0.05, 0) is 44.7 Å². The van der Waals surface area contributed by atoms with E-state index in [2.05, 4.69) is 20.5 Å². The molecule has 11 heteroatoms. The number of nitrogens with zero attached hydrogens (tertiary/aromatic N) is 3. The number of nitrogens with one attached hydrogen (secondary N) is 1. The van der Waals surface area contributed by atoms with Crippen LogP contribution in [-0.4, -0.2) is 52.6 Å². The number of carbonyl (C=O) groups excluding carboxylic acids is 1. The second-order valence-electron chi connectivity index (χ2n) is 4.80. The summed E-state index contributed by atoms with van der Waals surface area (Å²) in [4.78, 5) is 18.3. The zero-order valence-corrected chi connectivity index (χ0v) is 17.1. The van der Waals surface area contributed by atoms with Gasteiger partial charge in [0.2, 0.25) is 0 Å². The van der Waals surface area contributed by atoms with Crippen molar-refractivity contribution in [3.63, 3.8) is 0 Å². The van der Waals surface area contributed by atoms with Crippen molar-refractivity contribution < 1.29 is 22.3 Å². The molecular formula is C17H27N5O5S. The molecule has 2 aromatic rings. The molecule has 0 aromatic carbocycles. The second-order valence-corrected chi connectivity index (χ2v) is 5.70. The highest BCUT2D eigenvalue weighted by Crippen LogP contribution is 1.97. The SMILES string of the molecule is CC(=O)c1ccncc1.CCN.CN/N=C(/C)c1ccncc1.O=S(=O)(O)O. The number of carbonyl (C=O) groups is 1. The highest BCUT2D eigenvalue weighted by Gasteiger charge is 1.94. The Hall–Kier alpha value is -2.73. The summed E-state index contributed by atoms with van der Waals surface area (Å²) < 4.78 is 31.6. The minimum Gasteiger partial charge on any atom is -0.331 e. The first-order valence-corrected chi connectivity index (χ1v) is 9.38. The van der Waals surface area contributed by atoms with Gasteiger partial charge in [-0.25, -0.2) is 0 Å². The minimum atomic E-state index is -4.67. The molecule has 2 aromatic heterocycles. The highest BCUT2D eigenvalue weighted by molar-refractivity contribution is 7.79. The van der Waals surface area contributed by atoms with Crippen LogP contribution in [0.4, 0.5) is 0 Å². The van der Waals surface area contributed by atoms with Crippen molar-refractivity contribution in [2.75, 3.05) is 13.6 Å². The molecule has 5 N–H and O–H groups in total. The van der Waals surface area contributed by atoms with Crippen LogP contribution in [0.25, 0.3) is 0 Å². The molecule has 0 spiro atoms. The Kier molecular flexibility index (Phi) is 16.1. The lowest BCUT2D eigenvalue weighted by atomic mass is 10.2. The summed E-state index contributed by atoms with van der Waals surface area (Å²) in [5, 5.41) is 4.03. The molecule has 156 valence electrons. The normalized spacial score (nSPS) is 10.0. The van der Waals surface area contributed by atoms with Crippen LogP contribution in [-0.2, 0) is 10.4 Å². The molecule has 0 bridgehead atoms. The monoisotopic (exact) mass is 413 g/mol. The number of pyridine rings is 2. The van der Waals surface area contributed by atoms with Gasteiger partial charge < -0.3 is 11.2 Å². The van der Waals surface area contributed by atoms with Gasteiger partial charge in [0.1, 0.15) is 0 Å². The van der Waals surface area contributed by atoms with Crippen LogP contribution in [0.15, 0.2) is 54.2 Å². The van der Waals surface area contributed by atoms with Crippen molar-refractivity contribution in [1.29, 1.82) is 0 Å². The maximum absolute atomic E-state index is 10.6. The topological polar surface area (TPSA) is 168 Å². The summed E-state index contributed by atoms with van der Waals surface area (Å²) in [5.74, 6) is 0.0809. The lowest BCUT2D eigenvalue weighted by Crippen LogP contribution is -2.02. The summed E-state index contributed by atoms with van der Waals surface area (Å²) in [7, 11) is -2.88. The highest BCUT2D eigenvalue weighted by atomic mass is 32.3. The van der Waals surface area contributed by atoms with Gasteiger partial charge in [0.05, 0.1) is 5.71 Å². The number of ketones is 1. The van der Waals surface area contributed by atoms with Crippen molar-refractivity contribution in [1.82, 2.24) is 15.4 Å². The van der Waals surface area contributed by atoms with Gasteiger partial charge in [-0.2, -0.15) is 13.5 Å². The second kappa shape index (κ2) is 16.4. The van der Waals surface area contributed by atoms with Gasteiger partial charge in [0, 0.05) is 43.0 Å². The van der Waals surface area contributed by atoms with E-state index in [9.17, 15) is 4.79 Å². The Morgan fingerprint density at radius 2 is 1.36 bits per heavy atom. The minimum absolute atomic E-state index is 0.0809. The molecule has 0 aliphatic carbocycles. The molecular weight excluding hydrogens is 386 g/mol. The molecule has 0 fully saturated rings. The van der Waals surface area contributed by atoms with E-state index in [-0.39, 0.29) is 5.78 Å². The lowest BCUT2D eigenvalue weighted by molar-refractivity contribution is 0.101. The van der Waals surface area contributed by atoms with Gasteiger partial charge in [0.25, 0.3) is 0 Å². The Labute approximate surface area is 165 Å². The Balaban J connectivity index is 0. The summed E-state index contributed by atoms with van der Waals surface area (Å²) >= 11 is 0. The van der Waals surface area contributed by atoms with Crippen molar-refractivity contribution >= 4 is 21.9 Å². The van der Waals surface area contributed by atoms with Crippen LogP contribution in [0.2, 0.25) is 0 Å². The number of nitrogens with two attached hydrogens (primary N) is 1. The Morgan fingerprint density at radius 3 is 1.61 bits per heavy atom. The molecule has 0 atom stereocenters. The number of Topliss-reactive ketones (excluding diaryl/α,β-unsaturated/α-hetero) is 1. The number of hydrogen-bond acceptors (Lipinski definition) is 8. The predicted octanol–water partition coefficient (Wildman–Crippen LogP) is 1.62. The average molecular weight is 414 g/mol. The van der Waals surface area contributed by atoms with Crippen LogP contribution in [0.3, 0.4) is 0 Å². The standard InChI is InChI=1S/C8H11N3.C7H7NO.C2H7N.H2O4S/c1-7(11-9-2)8-3-5-10-6-4-8;1-6(9)7-2-4-8-5-3-7;1-2-3;1-5(2,3)4/h3-6,9H,1-2H3;2-5H,1H3;2-3H2,1H3;(H2,1,2,3,4)/b11-7-;;;. The van der Waals surface area contributed by atoms with Crippen LogP contribution in [0, 0.1) is 0 Å². The van der Waals surface area contributed by atoms with Gasteiger partial charge >= 0.3 is 10.4 Å². The first-order valence-electron chi connectivity index (χ1n) is 7.99. The Bertz CT molecular complexity index is 776. The number of rotatable bonds is 3. The summed E-state index contributed by atoms with van der Waals surface area (Å²) in [5.41, 5.74) is 10.4. The summed E-state index contributed by atoms with van der Waals surface area (Å²) in [6.07, 6.45) is 6.72. The Morgan fingerprint density at radius 1 is 1.04 bits per heavy atom. The molecule has 0 unspecified atom stereocenters. The van der Waals surface area contributed by atoms with E-state index < -0.39 is 10.4 Å². The maximum Gasteiger partial charge on any atom is 0.394 e. The van der Waals surface area contributed by atoms with E-state index in [0.29, 0.717) is 5.56 Å². The van der Waals surface area contributed by atoms with Crippen molar-refractivity contribution in [2.24, 2.45) is 10.8 Å². The van der Waals surface area contributed by atoms with Crippen LogP contribution >= 0.6 is 0 Å². The van der Waals surface area contributed by atoms with E-state index in [1.54, 1.807) is 44.0 Å². The van der Waals surface area contributed by atoms with E-state index in [4.69, 9.17) is 23.3 Å². The third kappa shape index (κ3) is 19.6. The molecule has 0 aliphatic rings. The van der Waals surface area contributed by atoms with Gasteiger partial charge in [-0.15, -0.1) is 0 Å². The zero-order valence-electron chi connectivity index (χ0n) is 16.3. The van der Waals surface area contributed by atoms with Gasteiger partial charge in [-0.3, -0.25) is 23.9 Å². The van der Waals surface area contributed by atoms with E-state index in [1.165, 1.54) is 6.92 Å². The molecule has 0 aliphatic heterocycles. The fourth-order valence-electron chi connectivity index (χ4n) is 1.41. The van der Waals surface area contributed by atoms with E-state index >= 15 is 0 Å². The summed E-state index contributed by atoms with van der Waals surface area (Å²) in [6.45, 7) is 6.14. The van der Waals surface area contributed by atoms with Gasteiger partial charge in [0.15, 0.2) is 5.78 Å².